The summed E-state index contributed by atoms with van der Waals surface area (Å²) in [4.78, 5) is 27.1. The van der Waals surface area contributed by atoms with E-state index in [2.05, 4.69) is 11.4 Å². The van der Waals surface area contributed by atoms with Gasteiger partial charge in [0, 0.05) is 31.0 Å². The van der Waals surface area contributed by atoms with Crippen LogP contribution in [0.5, 0.6) is 0 Å². The second-order valence-corrected chi connectivity index (χ2v) is 9.22. The summed E-state index contributed by atoms with van der Waals surface area (Å²) in [6.45, 7) is 1.08. The number of anilines is 2. The van der Waals surface area contributed by atoms with Gasteiger partial charge in [0.2, 0.25) is 5.91 Å². The molecule has 2 aromatic rings. The zero-order chi connectivity index (χ0) is 25.0. The predicted octanol–water partition coefficient (Wildman–Crippen LogP) is 4.68. The highest BCUT2D eigenvalue weighted by atomic mass is 19.4. The number of carbonyl (C=O) groups excluding carboxylic acids is 2. The molecule has 1 N–H and O–H groups in total. The molecule has 9 heteroatoms. The summed E-state index contributed by atoms with van der Waals surface area (Å²) in [5.41, 5.74) is 3.01. The molecule has 1 aliphatic carbocycles. The summed E-state index contributed by atoms with van der Waals surface area (Å²) in [5, 5.41) is 12.1. The van der Waals surface area contributed by atoms with E-state index in [-0.39, 0.29) is 31.5 Å². The largest absolute Gasteiger partial charge is 0.471 e. The van der Waals surface area contributed by atoms with Crippen molar-refractivity contribution >= 4 is 23.2 Å². The molecule has 2 fully saturated rings. The van der Waals surface area contributed by atoms with Crippen LogP contribution in [0.4, 0.5) is 24.5 Å². The van der Waals surface area contributed by atoms with Gasteiger partial charge in [-0.1, -0.05) is 18.2 Å². The molecule has 1 aliphatic heterocycles. The van der Waals surface area contributed by atoms with Crippen molar-refractivity contribution < 1.29 is 22.8 Å². The van der Waals surface area contributed by atoms with E-state index >= 15 is 0 Å². The number of benzene rings is 2. The lowest BCUT2D eigenvalue weighted by Gasteiger charge is -2.32. The predicted molar refractivity (Wildman–Crippen MR) is 126 cm³/mol. The highest BCUT2D eigenvalue weighted by molar-refractivity contribution is 5.94. The topological polar surface area (TPSA) is 76.4 Å². The van der Waals surface area contributed by atoms with Gasteiger partial charge in [-0.15, -0.1) is 0 Å². The van der Waals surface area contributed by atoms with Crippen molar-refractivity contribution in [1.29, 1.82) is 5.26 Å². The Morgan fingerprint density at radius 1 is 1.06 bits per heavy atom. The van der Waals surface area contributed by atoms with Crippen LogP contribution in [0.1, 0.15) is 42.7 Å². The molecule has 4 rings (SSSR count). The Morgan fingerprint density at radius 3 is 2.34 bits per heavy atom. The van der Waals surface area contributed by atoms with Gasteiger partial charge in [0.05, 0.1) is 18.2 Å². The number of halogens is 3. The van der Waals surface area contributed by atoms with Crippen molar-refractivity contribution in [3.63, 3.8) is 0 Å². The van der Waals surface area contributed by atoms with Crippen LogP contribution in [-0.2, 0) is 9.59 Å². The zero-order valence-electron chi connectivity index (χ0n) is 19.2. The van der Waals surface area contributed by atoms with Crippen LogP contribution < -0.4 is 10.2 Å². The van der Waals surface area contributed by atoms with Gasteiger partial charge in [-0.25, -0.2) is 0 Å². The van der Waals surface area contributed by atoms with Crippen molar-refractivity contribution in [3.05, 3.63) is 59.7 Å². The number of amides is 2. The van der Waals surface area contributed by atoms with Gasteiger partial charge >= 0.3 is 12.1 Å². The Balaban J connectivity index is 1.33. The number of hydrogen-bond donors (Lipinski definition) is 1. The minimum Gasteiger partial charge on any atom is -0.362 e. The highest BCUT2D eigenvalue weighted by Gasteiger charge is 2.43. The first-order chi connectivity index (χ1) is 16.7. The average Bonchev–Trinajstić information content (AvgIpc) is 3.67. The number of piperidine rings is 1. The van der Waals surface area contributed by atoms with Crippen LogP contribution in [0.15, 0.2) is 48.5 Å². The number of alkyl halides is 3. The summed E-state index contributed by atoms with van der Waals surface area (Å²) < 4.78 is 37.9. The minimum atomic E-state index is -4.83. The lowest BCUT2D eigenvalue weighted by atomic mass is 9.89. The molecule has 35 heavy (non-hydrogen) atoms. The third-order valence-corrected chi connectivity index (χ3v) is 6.54. The second kappa shape index (κ2) is 10.4. The molecule has 2 aromatic carbocycles. The Labute approximate surface area is 202 Å². The van der Waals surface area contributed by atoms with E-state index in [0.717, 1.165) is 35.5 Å². The zero-order valence-corrected chi connectivity index (χ0v) is 19.2. The number of nitrogens with zero attached hydrogens (tertiary/aromatic N) is 3. The van der Waals surface area contributed by atoms with Gasteiger partial charge in [-0.2, -0.15) is 18.4 Å². The Bertz CT molecular complexity index is 1100. The fourth-order valence-corrected chi connectivity index (χ4v) is 4.45. The molecule has 2 aliphatic rings. The number of nitriles is 1. The van der Waals surface area contributed by atoms with E-state index < -0.39 is 12.1 Å². The maximum absolute atomic E-state index is 12.8. The highest BCUT2D eigenvalue weighted by Crippen LogP contribution is 2.32. The van der Waals surface area contributed by atoms with Gasteiger partial charge < -0.3 is 15.1 Å². The van der Waals surface area contributed by atoms with Crippen molar-refractivity contribution in [2.45, 2.75) is 37.8 Å². The fraction of sp³-hybridized carbons (Fsp3) is 0.423. The monoisotopic (exact) mass is 484 g/mol. The van der Waals surface area contributed by atoms with E-state index in [4.69, 9.17) is 0 Å². The summed E-state index contributed by atoms with van der Waals surface area (Å²) >= 11 is 0. The number of hydrogen-bond acceptors (Lipinski definition) is 4. The molecule has 0 aromatic heterocycles. The molecular formula is C26H27F3N4O2. The van der Waals surface area contributed by atoms with E-state index in [0.29, 0.717) is 30.0 Å². The minimum absolute atomic E-state index is 0.0680. The average molecular weight is 485 g/mol. The van der Waals surface area contributed by atoms with E-state index in [1.165, 1.54) is 0 Å². The molecule has 2 amide bonds. The second-order valence-electron chi connectivity index (χ2n) is 9.22. The maximum atomic E-state index is 12.8. The lowest BCUT2D eigenvalue weighted by molar-refractivity contribution is -0.186. The molecule has 6 nitrogen and oxygen atoms in total. The molecule has 0 unspecified atom stereocenters. The van der Waals surface area contributed by atoms with Crippen molar-refractivity contribution in [2.75, 3.05) is 36.4 Å². The normalized spacial score (nSPS) is 16.5. The van der Waals surface area contributed by atoms with Crippen LogP contribution in [0, 0.1) is 17.2 Å². The lowest BCUT2D eigenvalue weighted by Crippen LogP contribution is -2.45. The number of carbonyl (C=O) groups is 2. The smallest absolute Gasteiger partial charge is 0.362 e. The van der Waals surface area contributed by atoms with Crippen LogP contribution in [-0.4, -0.2) is 49.1 Å². The molecule has 0 bridgehead atoms. The van der Waals surface area contributed by atoms with Crippen LogP contribution in [0.3, 0.4) is 0 Å². The summed E-state index contributed by atoms with van der Waals surface area (Å²) in [7, 11) is 0. The molecule has 1 saturated carbocycles. The first-order valence-corrected chi connectivity index (χ1v) is 11.7. The molecule has 1 saturated heterocycles. The van der Waals surface area contributed by atoms with E-state index in [1.807, 2.05) is 29.2 Å². The van der Waals surface area contributed by atoms with Crippen molar-refractivity contribution in [2.24, 2.45) is 5.92 Å². The van der Waals surface area contributed by atoms with Gasteiger partial charge in [-0.3, -0.25) is 9.59 Å². The third kappa shape index (κ3) is 6.53. The van der Waals surface area contributed by atoms with E-state index in [1.54, 1.807) is 24.3 Å². The van der Waals surface area contributed by atoms with Crippen LogP contribution >= 0.6 is 0 Å². The van der Waals surface area contributed by atoms with Gasteiger partial charge in [-0.05, 0) is 73.4 Å². The van der Waals surface area contributed by atoms with E-state index in [9.17, 15) is 28.0 Å². The standard InChI is InChI=1S/C26H27F3N4O2/c27-26(28,29)25(35)32-12-10-21(11-13-32)20-6-8-22(9-7-20)31-24(34)17-33(16-18-4-5-18)23-3-1-2-19(14-23)15-30/h1-3,6-9,14,18,21H,4-5,10-13,16-17H2,(H,31,34). The summed E-state index contributed by atoms with van der Waals surface area (Å²) in [6.07, 6.45) is -1.63. The van der Waals surface area contributed by atoms with Crippen molar-refractivity contribution in [3.8, 4) is 6.07 Å². The van der Waals surface area contributed by atoms with Gasteiger partial charge in [0.15, 0.2) is 0 Å². The molecule has 184 valence electrons. The van der Waals surface area contributed by atoms with Crippen molar-refractivity contribution in [1.82, 2.24) is 4.90 Å². The van der Waals surface area contributed by atoms with Crippen LogP contribution in [0.25, 0.3) is 0 Å². The number of rotatable bonds is 7. The summed E-state index contributed by atoms with van der Waals surface area (Å²) in [5.74, 6) is -1.31. The Hall–Kier alpha value is -3.54. The molecule has 0 atom stereocenters. The molecule has 0 radical (unpaired) electrons. The van der Waals surface area contributed by atoms with Crippen LogP contribution in [0.2, 0.25) is 0 Å². The van der Waals surface area contributed by atoms with Gasteiger partial charge in [0.25, 0.3) is 0 Å². The fourth-order valence-electron chi connectivity index (χ4n) is 4.45. The Morgan fingerprint density at radius 2 is 1.74 bits per heavy atom. The third-order valence-electron chi connectivity index (χ3n) is 6.54. The molecular weight excluding hydrogens is 457 g/mol. The molecule has 1 heterocycles. The number of nitrogens with one attached hydrogen (secondary N) is 1. The first-order valence-electron chi connectivity index (χ1n) is 11.7. The Kier molecular flexibility index (Phi) is 7.29. The maximum Gasteiger partial charge on any atom is 0.471 e. The van der Waals surface area contributed by atoms with Gasteiger partial charge in [0.1, 0.15) is 0 Å². The SMILES string of the molecule is N#Cc1cccc(N(CC(=O)Nc2ccc(C3CCN(C(=O)C(F)(F)F)CC3)cc2)CC2CC2)c1. The molecule has 0 spiro atoms. The summed E-state index contributed by atoms with van der Waals surface area (Å²) in [6, 6.07) is 16.7. The number of likely N-dealkylation sites (tertiary alicyclic amines) is 1. The first kappa shape index (κ1) is 24.6. The quantitative estimate of drug-likeness (QED) is 0.619.